The summed E-state index contributed by atoms with van der Waals surface area (Å²) in [5, 5.41) is 6.99. The molecule has 4 saturated carbocycles. The number of benzene rings is 1. The normalized spacial score (nSPS) is 27.3. The van der Waals surface area contributed by atoms with Crippen LogP contribution < -0.4 is 10.6 Å². The minimum absolute atomic E-state index is 0.0486. The average molecular weight is 542 g/mol. The molecule has 1 aliphatic heterocycles. The van der Waals surface area contributed by atoms with Crippen LogP contribution in [0.25, 0.3) is 21.8 Å². The predicted molar refractivity (Wildman–Crippen MR) is 144 cm³/mol. The Kier molecular flexibility index (Phi) is 5.05. The smallest absolute Gasteiger partial charge is 0.223 e. The molecular weight excluding hydrogens is 513 g/mol. The van der Waals surface area contributed by atoms with Gasteiger partial charge in [-0.3, -0.25) is 13.9 Å². The lowest BCUT2D eigenvalue weighted by Crippen LogP contribution is -2.57. The Balaban J connectivity index is 1.21. The summed E-state index contributed by atoms with van der Waals surface area (Å²) in [5.41, 5.74) is 1.86. The van der Waals surface area contributed by atoms with Gasteiger partial charge in [0.1, 0.15) is 5.01 Å². The summed E-state index contributed by atoms with van der Waals surface area (Å²) in [7, 11) is -2.36. The van der Waals surface area contributed by atoms with Gasteiger partial charge < -0.3 is 10.6 Å². The lowest BCUT2D eigenvalue weighted by Gasteiger charge is -2.63. The first kappa shape index (κ1) is 23.5. The average Bonchev–Trinajstić information content (AvgIpc) is 3.15. The van der Waals surface area contributed by atoms with Crippen molar-refractivity contribution in [3.63, 3.8) is 0 Å². The number of halogens is 1. The number of anilines is 2. The van der Waals surface area contributed by atoms with Gasteiger partial charge in [0.05, 0.1) is 22.0 Å². The lowest BCUT2D eigenvalue weighted by atomic mass is 9.45. The van der Waals surface area contributed by atoms with E-state index in [4.69, 9.17) is 9.97 Å². The number of nitrogens with one attached hydrogen (secondary N) is 2. The Morgan fingerprint density at radius 1 is 1.14 bits per heavy atom. The number of carbonyl (C=O) groups is 1. The van der Waals surface area contributed by atoms with E-state index in [-0.39, 0.29) is 28.5 Å². The molecule has 1 amide bonds. The molecule has 3 heterocycles. The number of amides is 1. The molecule has 2 aromatic heterocycles. The van der Waals surface area contributed by atoms with Crippen molar-refractivity contribution in [2.24, 2.45) is 11.3 Å². The van der Waals surface area contributed by atoms with Crippen LogP contribution in [0.1, 0.15) is 44.0 Å². The highest BCUT2D eigenvalue weighted by atomic mass is 32.3. The monoisotopic (exact) mass is 541 g/mol. The van der Waals surface area contributed by atoms with Gasteiger partial charge >= 0.3 is 0 Å². The summed E-state index contributed by atoms with van der Waals surface area (Å²) in [6, 6.07) is 6.99. The number of nitrogens with zero attached hydrogens (tertiary/aromatic N) is 3. The molecule has 11 heteroatoms. The molecule has 3 aromatic rings. The molecule has 194 valence electrons. The van der Waals surface area contributed by atoms with Crippen molar-refractivity contribution in [1.82, 2.24) is 15.0 Å². The van der Waals surface area contributed by atoms with Crippen molar-refractivity contribution in [2.45, 2.75) is 50.5 Å². The Morgan fingerprint density at radius 2 is 1.89 bits per heavy atom. The number of rotatable bonds is 6. The molecule has 4 N–H and O–H groups in total. The van der Waals surface area contributed by atoms with Crippen LogP contribution >= 0.6 is 21.9 Å². The fraction of sp³-hybridized carbons (Fsp3) is 0.462. The zero-order valence-corrected chi connectivity index (χ0v) is 22.0. The molecule has 1 saturated heterocycles. The van der Waals surface area contributed by atoms with Crippen molar-refractivity contribution in [1.29, 1.82) is 0 Å². The van der Waals surface area contributed by atoms with Crippen molar-refractivity contribution in [3.05, 3.63) is 41.3 Å². The van der Waals surface area contributed by atoms with Gasteiger partial charge in [-0.05, 0) is 56.2 Å². The van der Waals surface area contributed by atoms with Crippen LogP contribution in [0.15, 0.2) is 30.5 Å². The first-order valence-electron chi connectivity index (χ1n) is 12.5. The second kappa shape index (κ2) is 7.95. The first-order chi connectivity index (χ1) is 17.6. The van der Waals surface area contributed by atoms with Crippen molar-refractivity contribution in [2.75, 3.05) is 22.1 Å². The maximum absolute atomic E-state index is 15.6. The molecule has 1 aromatic carbocycles. The molecule has 37 heavy (non-hydrogen) atoms. The van der Waals surface area contributed by atoms with E-state index in [9.17, 15) is 13.9 Å². The fourth-order valence-corrected chi connectivity index (χ4v) is 10.3. The van der Waals surface area contributed by atoms with Gasteiger partial charge in [-0.15, -0.1) is 11.3 Å². The maximum atomic E-state index is 15.6. The SMILES string of the molecule is CC(=O)Nc1cccc(-c2nc(C34CC(C3)C4)sc2-c2ccnc(NC3CC4(C3)CS(O)(O)C4)n2)c1F. The second-order valence-electron chi connectivity index (χ2n) is 11.4. The predicted octanol–water partition coefficient (Wildman–Crippen LogP) is 5.74. The summed E-state index contributed by atoms with van der Waals surface area (Å²) >= 11 is 1.58. The second-order valence-corrected chi connectivity index (χ2v) is 14.6. The van der Waals surface area contributed by atoms with Crippen LogP contribution in [0.3, 0.4) is 0 Å². The van der Waals surface area contributed by atoms with E-state index in [1.807, 2.05) is 6.07 Å². The Hall–Kier alpha value is -2.60. The van der Waals surface area contributed by atoms with Gasteiger partial charge in [-0.25, -0.2) is 19.3 Å². The van der Waals surface area contributed by atoms with Crippen LogP contribution in [0.2, 0.25) is 0 Å². The van der Waals surface area contributed by atoms with Crippen LogP contribution in [-0.2, 0) is 10.2 Å². The molecule has 5 fully saturated rings. The zero-order valence-electron chi connectivity index (χ0n) is 20.3. The third-order valence-corrected chi connectivity index (χ3v) is 11.8. The van der Waals surface area contributed by atoms with Gasteiger partial charge in [0, 0.05) is 47.1 Å². The highest BCUT2D eigenvalue weighted by Crippen LogP contribution is 2.67. The van der Waals surface area contributed by atoms with Crippen molar-refractivity contribution in [3.8, 4) is 21.8 Å². The van der Waals surface area contributed by atoms with Gasteiger partial charge in [-0.2, -0.15) is 10.6 Å². The van der Waals surface area contributed by atoms with E-state index in [0.717, 1.165) is 47.9 Å². The van der Waals surface area contributed by atoms with Crippen LogP contribution in [0.5, 0.6) is 0 Å². The molecule has 0 unspecified atom stereocenters. The van der Waals surface area contributed by atoms with Gasteiger partial charge in [0.25, 0.3) is 0 Å². The Bertz CT molecular complexity index is 1410. The molecule has 1 spiro atoms. The van der Waals surface area contributed by atoms with Crippen LogP contribution in [0, 0.1) is 17.2 Å². The van der Waals surface area contributed by atoms with Gasteiger partial charge in [0.15, 0.2) is 5.82 Å². The summed E-state index contributed by atoms with van der Waals surface area (Å²) in [5.74, 6) is 1.44. The van der Waals surface area contributed by atoms with Crippen LogP contribution in [0.4, 0.5) is 16.0 Å². The summed E-state index contributed by atoms with van der Waals surface area (Å²) < 4.78 is 35.1. The Labute approximate surface area is 219 Å². The molecular formula is C26H28FN5O3S2. The Morgan fingerprint density at radius 3 is 2.54 bits per heavy atom. The fourth-order valence-electron chi connectivity index (χ4n) is 6.64. The molecule has 2 bridgehead atoms. The third-order valence-electron chi connectivity index (χ3n) is 8.34. The maximum Gasteiger partial charge on any atom is 0.223 e. The lowest BCUT2D eigenvalue weighted by molar-refractivity contribution is -0.114. The van der Waals surface area contributed by atoms with E-state index in [2.05, 4.69) is 15.6 Å². The van der Waals surface area contributed by atoms with Gasteiger partial charge in [0.2, 0.25) is 11.9 Å². The quantitative estimate of drug-likeness (QED) is 0.314. The van der Waals surface area contributed by atoms with Crippen molar-refractivity contribution < 1.29 is 18.3 Å². The van der Waals surface area contributed by atoms with Gasteiger partial charge in [-0.1, -0.05) is 6.07 Å². The molecule has 0 atom stereocenters. The summed E-state index contributed by atoms with van der Waals surface area (Å²) in [4.78, 5) is 26.6. The standard InChI is InChI=1S/C26H28FN5O3S2/c1-14(33)29-18-4-2-3-17(20(18)27)21-22(36-23(32-21)26-7-15(8-26)9-26)19-5-6-28-24(31-19)30-16-10-25(11-16)12-37(34,35)13-25/h2-6,15-16,34-35H,7-13H2,1H3,(H,29,33)(H,28,30,31). The van der Waals surface area contributed by atoms with E-state index >= 15 is 4.39 Å². The topological polar surface area (TPSA) is 120 Å². The minimum atomic E-state index is -2.36. The van der Waals surface area contributed by atoms with E-state index in [0.29, 0.717) is 34.4 Å². The summed E-state index contributed by atoms with van der Waals surface area (Å²) in [6.07, 6.45) is 6.86. The zero-order chi connectivity index (χ0) is 25.6. The number of aromatic nitrogens is 3. The van der Waals surface area contributed by atoms with Crippen LogP contribution in [-0.4, -0.2) is 47.5 Å². The van der Waals surface area contributed by atoms with E-state index in [1.165, 1.54) is 6.92 Å². The van der Waals surface area contributed by atoms with E-state index in [1.54, 1.807) is 35.7 Å². The molecule has 4 aliphatic carbocycles. The molecule has 8 rings (SSSR count). The van der Waals surface area contributed by atoms with E-state index < -0.39 is 16.4 Å². The summed E-state index contributed by atoms with van der Waals surface area (Å²) in [6.45, 7) is 1.36. The molecule has 5 aliphatic rings. The minimum Gasteiger partial charge on any atom is -0.351 e. The van der Waals surface area contributed by atoms with Crippen molar-refractivity contribution >= 4 is 39.5 Å². The molecule has 0 radical (unpaired) electrons. The molecule has 8 nitrogen and oxygen atoms in total. The highest BCUT2D eigenvalue weighted by molar-refractivity contribution is 8.25. The number of hydrogen-bond donors (Lipinski definition) is 4. The third kappa shape index (κ3) is 3.86. The number of hydrogen-bond acceptors (Lipinski definition) is 8. The number of carbonyl (C=O) groups excluding carboxylic acids is 1. The highest BCUT2D eigenvalue weighted by Gasteiger charge is 2.59. The largest absolute Gasteiger partial charge is 0.351 e. The first-order valence-corrected chi connectivity index (χ1v) is 15.2. The number of thiazole rings is 1.